The summed E-state index contributed by atoms with van der Waals surface area (Å²) in [6, 6.07) is 9.37. The van der Waals surface area contributed by atoms with Crippen LogP contribution in [0.15, 0.2) is 59.4 Å². The largest absolute Gasteiger partial charge is 0.487 e. The van der Waals surface area contributed by atoms with Crippen LogP contribution in [-0.4, -0.2) is 26.6 Å². The number of oxazole rings is 1. The number of alkyl halides is 1. The van der Waals surface area contributed by atoms with E-state index in [4.69, 9.17) is 13.9 Å². The molecule has 1 N–H and O–H groups in total. The van der Waals surface area contributed by atoms with E-state index in [9.17, 15) is 0 Å². The summed E-state index contributed by atoms with van der Waals surface area (Å²) in [5.41, 5.74) is 6.22. The summed E-state index contributed by atoms with van der Waals surface area (Å²) in [7, 11) is 1.91. The first-order valence-electron chi connectivity index (χ1n) is 8.26. The van der Waals surface area contributed by atoms with Crippen molar-refractivity contribution >= 4 is 39.3 Å². The molecule has 0 fully saturated rings. The summed E-state index contributed by atoms with van der Waals surface area (Å²) < 4.78 is 17.7. The van der Waals surface area contributed by atoms with Gasteiger partial charge in [-0.15, -0.1) is 0 Å². The third kappa shape index (κ3) is 4.16. The molecule has 138 valence electrons. The van der Waals surface area contributed by atoms with E-state index in [2.05, 4.69) is 38.0 Å². The van der Waals surface area contributed by atoms with Gasteiger partial charge in [-0.2, -0.15) is 0 Å². The van der Waals surface area contributed by atoms with Crippen molar-refractivity contribution in [3.63, 3.8) is 0 Å². The highest BCUT2D eigenvalue weighted by Gasteiger charge is 2.12. The topological polar surface area (TPSA) is 72.7 Å². The lowest BCUT2D eigenvalue weighted by Crippen LogP contribution is -2.26. The van der Waals surface area contributed by atoms with Crippen LogP contribution >= 0.6 is 22.6 Å². The number of fused-ring (bicyclic) bond motifs is 1. The molecule has 3 aromatic rings. The third-order valence-corrected chi connectivity index (χ3v) is 4.20. The molecule has 27 heavy (non-hydrogen) atoms. The minimum absolute atomic E-state index is 0.366. The first-order valence-corrected chi connectivity index (χ1v) is 9.79. The maximum atomic E-state index is 5.84. The lowest BCUT2D eigenvalue weighted by molar-refractivity contribution is 0.301. The highest BCUT2D eigenvalue weighted by Crippen LogP contribution is 2.26. The van der Waals surface area contributed by atoms with Crippen molar-refractivity contribution in [2.24, 2.45) is 0 Å². The van der Waals surface area contributed by atoms with E-state index in [1.165, 1.54) is 0 Å². The molecule has 0 aliphatic carbocycles. The molecule has 0 bridgehead atoms. The molecule has 0 saturated carbocycles. The van der Waals surface area contributed by atoms with Crippen molar-refractivity contribution in [1.29, 1.82) is 0 Å². The molecule has 0 saturated heterocycles. The molecule has 8 heteroatoms. The average Bonchev–Trinajstić information content (AvgIpc) is 3.11. The van der Waals surface area contributed by atoms with E-state index in [-0.39, 0.29) is 0 Å². The highest BCUT2D eigenvalue weighted by atomic mass is 127. The predicted octanol–water partition coefficient (Wildman–Crippen LogP) is 3.88. The number of hydrogen-bond acceptors (Lipinski definition) is 7. The number of nitrogens with zero attached hydrogens (tertiary/aromatic N) is 3. The lowest BCUT2D eigenvalue weighted by atomic mass is 10.2. The van der Waals surface area contributed by atoms with Gasteiger partial charge in [0, 0.05) is 25.5 Å². The number of nitrogens with one attached hydrogen (secondary N) is 1. The standard InChI is InChI=1S/C19H17IN4O3/c1-24-10-13(6-7-22-24)19-23-17-8-15(4-5-18(17)27-19)25-11-14-2-3-16(9-21-14)26-12-20/h2-10,22H,11-12H2,1H3. The minimum Gasteiger partial charge on any atom is -0.487 e. The van der Waals surface area contributed by atoms with Crippen LogP contribution in [-0.2, 0) is 6.61 Å². The molecule has 4 rings (SSSR count). The second-order valence-corrected chi connectivity index (χ2v) is 6.46. The number of halogens is 1. The van der Waals surface area contributed by atoms with Gasteiger partial charge in [-0.25, -0.2) is 4.98 Å². The number of hydrazine groups is 1. The van der Waals surface area contributed by atoms with Gasteiger partial charge in [-0.3, -0.25) is 9.99 Å². The fourth-order valence-electron chi connectivity index (χ4n) is 2.58. The van der Waals surface area contributed by atoms with Gasteiger partial charge in [-0.05, 0) is 52.9 Å². The maximum Gasteiger partial charge on any atom is 0.228 e. The van der Waals surface area contributed by atoms with Crippen molar-refractivity contribution in [3.8, 4) is 11.5 Å². The average molecular weight is 476 g/mol. The van der Waals surface area contributed by atoms with Crippen LogP contribution in [0.4, 0.5) is 0 Å². The molecule has 7 nitrogen and oxygen atoms in total. The third-order valence-electron chi connectivity index (χ3n) is 3.89. The number of pyridine rings is 1. The lowest BCUT2D eigenvalue weighted by Gasteiger charge is -2.18. The number of benzene rings is 1. The number of aromatic nitrogens is 2. The van der Waals surface area contributed by atoms with E-state index >= 15 is 0 Å². The Morgan fingerprint density at radius 1 is 1.19 bits per heavy atom. The maximum absolute atomic E-state index is 5.84. The van der Waals surface area contributed by atoms with Gasteiger partial charge in [0.05, 0.1) is 17.5 Å². The zero-order valence-corrected chi connectivity index (χ0v) is 16.7. The van der Waals surface area contributed by atoms with E-state index < -0.39 is 0 Å². The van der Waals surface area contributed by atoms with Crippen molar-refractivity contribution in [1.82, 2.24) is 20.4 Å². The van der Waals surface area contributed by atoms with Crippen molar-refractivity contribution < 1.29 is 13.9 Å². The number of allylic oxidation sites excluding steroid dienone is 2. The van der Waals surface area contributed by atoms with Crippen molar-refractivity contribution in [2.45, 2.75) is 6.61 Å². The normalized spacial score (nSPS) is 13.4. The second kappa shape index (κ2) is 7.87. The Morgan fingerprint density at radius 3 is 2.85 bits per heavy atom. The summed E-state index contributed by atoms with van der Waals surface area (Å²) in [4.78, 5) is 8.90. The Labute approximate surface area is 169 Å². The van der Waals surface area contributed by atoms with Gasteiger partial charge in [0.1, 0.15) is 28.2 Å². The SMILES string of the molecule is CN1C=C(c2nc3cc(OCc4ccc(OCI)cn4)ccc3o2)C=CN1. The molecular weight excluding hydrogens is 459 g/mol. The van der Waals surface area contributed by atoms with Gasteiger partial charge < -0.3 is 19.3 Å². The Bertz CT molecular complexity index is 998. The molecule has 0 unspecified atom stereocenters. The van der Waals surface area contributed by atoms with Crippen LogP contribution in [0.5, 0.6) is 11.5 Å². The molecular formula is C19H17IN4O3. The molecule has 3 heterocycles. The van der Waals surface area contributed by atoms with Crippen molar-refractivity contribution in [2.75, 3.05) is 11.7 Å². The van der Waals surface area contributed by atoms with Crippen LogP contribution in [0.2, 0.25) is 0 Å². The second-order valence-electron chi connectivity index (χ2n) is 5.83. The Kier molecular flexibility index (Phi) is 5.14. The van der Waals surface area contributed by atoms with Crippen molar-refractivity contribution in [3.05, 3.63) is 66.6 Å². The first kappa shape index (κ1) is 17.7. The fourth-order valence-corrected chi connectivity index (χ4v) is 2.94. The zero-order chi connectivity index (χ0) is 18.6. The van der Waals surface area contributed by atoms with Crippen LogP contribution in [0.3, 0.4) is 0 Å². The van der Waals surface area contributed by atoms with E-state index in [0.717, 1.165) is 22.5 Å². The fraction of sp³-hybridized carbons (Fsp3) is 0.158. The van der Waals surface area contributed by atoms with Crippen LogP contribution < -0.4 is 14.9 Å². The summed E-state index contributed by atoms with van der Waals surface area (Å²) in [6.07, 6.45) is 7.36. The molecule has 1 aliphatic rings. The number of hydrogen-bond donors (Lipinski definition) is 1. The van der Waals surface area contributed by atoms with Crippen LogP contribution in [0.1, 0.15) is 11.6 Å². The molecule has 0 atom stereocenters. The van der Waals surface area contributed by atoms with Gasteiger partial charge in [0.15, 0.2) is 5.58 Å². The number of ether oxygens (including phenoxy) is 2. The summed E-state index contributed by atoms with van der Waals surface area (Å²) >= 11 is 2.15. The zero-order valence-electron chi connectivity index (χ0n) is 14.6. The monoisotopic (exact) mass is 476 g/mol. The molecule has 2 aromatic heterocycles. The number of rotatable bonds is 6. The van der Waals surface area contributed by atoms with E-state index in [1.54, 1.807) is 6.20 Å². The Balaban J connectivity index is 1.47. The smallest absolute Gasteiger partial charge is 0.228 e. The summed E-state index contributed by atoms with van der Waals surface area (Å²) in [5, 5.41) is 1.84. The predicted molar refractivity (Wildman–Crippen MR) is 110 cm³/mol. The van der Waals surface area contributed by atoms with Gasteiger partial charge in [-0.1, -0.05) is 0 Å². The highest BCUT2D eigenvalue weighted by molar-refractivity contribution is 14.1. The Morgan fingerprint density at radius 2 is 2.07 bits per heavy atom. The Hall–Kier alpha value is -2.75. The van der Waals surface area contributed by atoms with Gasteiger partial charge in [0.2, 0.25) is 5.89 Å². The van der Waals surface area contributed by atoms with E-state index in [1.807, 2.05) is 60.9 Å². The van der Waals surface area contributed by atoms with E-state index in [0.29, 0.717) is 28.4 Å². The van der Waals surface area contributed by atoms with Crippen LogP contribution in [0, 0.1) is 0 Å². The molecule has 0 amide bonds. The minimum atomic E-state index is 0.366. The van der Waals surface area contributed by atoms with Crippen LogP contribution in [0.25, 0.3) is 16.7 Å². The molecule has 0 radical (unpaired) electrons. The molecule has 1 aliphatic heterocycles. The molecule has 0 spiro atoms. The van der Waals surface area contributed by atoms with Gasteiger partial charge >= 0.3 is 0 Å². The summed E-state index contributed by atoms with van der Waals surface area (Å²) in [6.45, 7) is 0.366. The van der Waals surface area contributed by atoms with Gasteiger partial charge in [0.25, 0.3) is 0 Å². The molecule has 1 aromatic carbocycles. The first-order chi connectivity index (χ1) is 13.2. The summed E-state index contributed by atoms with van der Waals surface area (Å²) in [5.74, 6) is 2.03. The quantitative estimate of drug-likeness (QED) is 0.428.